The molecule has 0 aliphatic heterocycles. The minimum absolute atomic E-state index is 0.148. The van der Waals surface area contributed by atoms with Gasteiger partial charge in [0.15, 0.2) is 0 Å². The van der Waals surface area contributed by atoms with Gasteiger partial charge in [0.05, 0.1) is 16.5 Å². The van der Waals surface area contributed by atoms with Crippen LogP contribution < -0.4 is 4.72 Å². The SMILES string of the molecule is Cc1ccc(NS(=O)(=O)c2ccc(C#N)c(C)c2)cc1. The van der Waals surface area contributed by atoms with E-state index in [1.807, 2.05) is 25.1 Å². The lowest BCUT2D eigenvalue weighted by Crippen LogP contribution is -2.13. The highest BCUT2D eigenvalue weighted by Crippen LogP contribution is 2.19. The van der Waals surface area contributed by atoms with Crippen molar-refractivity contribution in [3.8, 4) is 6.07 Å². The van der Waals surface area contributed by atoms with Crippen LogP contribution in [0.2, 0.25) is 0 Å². The summed E-state index contributed by atoms with van der Waals surface area (Å²) >= 11 is 0. The minimum atomic E-state index is -3.63. The zero-order valence-corrected chi connectivity index (χ0v) is 12.0. The first-order valence-corrected chi connectivity index (χ1v) is 7.51. The van der Waals surface area contributed by atoms with Gasteiger partial charge in [-0.05, 0) is 49.7 Å². The summed E-state index contributed by atoms with van der Waals surface area (Å²) in [6, 6.07) is 13.5. The fourth-order valence-corrected chi connectivity index (χ4v) is 2.91. The van der Waals surface area contributed by atoms with Crippen molar-refractivity contribution in [2.75, 3.05) is 4.72 Å². The Morgan fingerprint density at radius 2 is 1.70 bits per heavy atom. The van der Waals surface area contributed by atoms with E-state index in [0.717, 1.165) is 5.56 Å². The molecule has 2 rings (SSSR count). The molecule has 0 amide bonds. The van der Waals surface area contributed by atoms with Gasteiger partial charge in [-0.3, -0.25) is 4.72 Å². The third-order valence-corrected chi connectivity index (χ3v) is 4.31. The second-order valence-electron chi connectivity index (χ2n) is 4.56. The maximum Gasteiger partial charge on any atom is 0.261 e. The first-order valence-electron chi connectivity index (χ1n) is 6.02. The fraction of sp³-hybridized carbons (Fsp3) is 0.133. The quantitative estimate of drug-likeness (QED) is 0.943. The van der Waals surface area contributed by atoms with Crippen LogP contribution in [0.3, 0.4) is 0 Å². The van der Waals surface area contributed by atoms with Crippen molar-refractivity contribution in [2.24, 2.45) is 0 Å². The Kier molecular flexibility index (Phi) is 3.77. The Morgan fingerprint density at radius 3 is 2.25 bits per heavy atom. The van der Waals surface area contributed by atoms with Crippen LogP contribution in [0.15, 0.2) is 47.4 Å². The number of nitrogens with one attached hydrogen (secondary N) is 1. The van der Waals surface area contributed by atoms with Gasteiger partial charge in [-0.25, -0.2) is 8.42 Å². The maximum atomic E-state index is 12.2. The largest absolute Gasteiger partial charge is 0.280 e. The highest BCUT2D eigenvalue weighted by atomic mass is 32.2. The van der Waals surface area contributed by atoms with Crippen molar-refractivity contribution in [1.82, 2.24) is 0 Å². The molecule has 0 bridgehead atoms. The highest BCUT2D eigenvalue weighted by molar-refractivity contribution is 7.92. The van der Waals surface area contributed by atoms with Crippen molar-refractivity contribution in [3.05, 3.63) is 59.2 Å². The van der Waals surface area contributed by atoms with Gasteiger partial charge in [-0.1, -0.05) is 17.7 Å². The number of rotatable bonds is 3. The number of anilines is 1. The third-order valence-electron chi connectivity index (χ3n) is 2.93. The van der Waals surface area contributed by atoms with Crippen LogP contribution in [0.1, 0.15) is 16.7 Å². The summed E-state index contributed by atoms with van der Waals surface area (Å²) in [6.07, 6.45) is 0. The van der Waals surface area contributed by atoms with Crippen LogP contribution in [-0.4, -0.2) is 8.42 Å². The summed E-state index contributed by atoms with van der Waals surface area (Å²) < 4.78 is 27.0. The first kappa shape index (κ1) is 14.1. The first-order chi connectivity index (χ1) is 9.42. The molecule has 0 saturated carbocycles. The number of nitrogens with zero attached hydrogens (tertiary/aromatic N) is 1. The molecule has 2 aromatic rings. The Hall–Kier alpha value is -2.32. The van der Waals surface area contributed by atoms with Crippen LogP contribution in [0.4, 0.5) is 5.69 Å². The molecule has 0 aliphatic carbocycles. The zero-order valence-electron chi connectivity index (χ0n) is 11.2. The molecule has 5 heteroatoms. The van der Waals surface area contributed by atoms with Crippen LogP contribution in [0.25, 0.3) is 0 Å². The molecule has 0 atom stereocenters. The number of hydrogen-bond acceptors (Lipinski definition) is 3. The maximum absolute atomic E-state index is 12.2. The van der Waals surface area contributed by atoms with E-state index >= 15 is 0 Å². The molecule has 0 saturated heterocycles. The molecular formula is C15H14N2O2S. The average Bonchev–Trinajstić information content (AvgIpc) is 2.41. The normalized spacial score (nSPS) is 10.8. The lowest BCUT2D eigenvalue weighted by atomic mass is 10.1. The molecule has 0 aromatic heterocycles. The molecule has 0 radical (unpaired) electrons. The standard InChI is InChI=1S/C15H14N2O2S/c1-11-3-6-14(7-4-11)17-20(18,19)15-8-5-13(10-16)12(2)9-15/h3-9,17H,1-2H3. The molecule has 0 aliphatic rings. The molecule has 0 heterocycles. The lowest BCUT2D eigenvalue weighted by molar-refractivity contribution is 0.601. The van der Waals surface area contributed by atoms with Crippen LogP contribution in [-0.2, 0) is 10.0 Å². The van der Waals surface area contributed by atoms with Crippen molar-refractivity contribution in [1.29, 1.82) is 5.26 Å². The molecular weight excluding hydrogens is 272 g/mol. The van der Waals surface area contributed by atoms with Gasteiger partial charge >= 0.3 is 0 Å². The monoisotopic (exact) mass is 286 g/mol. The van der Waals surface area contributed by atoms with E-state index in [9.17, 15) is 8.42 Å². The molecule has 2 aromatic carbocycles. The summed E-state index contributed by atoms with van der Waals surface area (Å²) in [7, 11) is -3.63. The van der Waals surface area contributed by atoms with Crippen molar-refractivity contribution < 1.29 is 8.42 Å². The third kappa shape index (κ3) is 2.98. The molecule has 0 spiro atoms. The van der Waals surface area contributed by atoms with Crippen molar-refractivity contribution >= 4 is 15.7 Å². The Bertz CT molecular complexity index is 773. The zero-order chi connectivity index (χ0) is 14.8. The van der Waals surface area contributed by atoms with Gasteiger partial charge in [0.2, 0.25) is 0 Å². The van der Waals surface area contributed by atoms with E-state index in [2.05, 4.69) is 4.72 Å². The van der Waals surface area contributed by atoms with Gasteiger partial charge in [0, 0.05) is 5.69 Å². The van der Waals surface area contributed by atoms with Crippen LogP contribution >= 0.6 is 0 Å². The van der Waals surface area contributed by atoms with Gasteiger partial charge in [0.25, 0.3) is 10.0 Å². The second kappa shape index (κ2) is 5.35. The van der Waals surface area contributed by atoms with E-state index in [1.54, 1.807) is 19.1 Å². The number of aryl methyl sites for hydroxylation is 2. The lowest BCUT2D eigenvalue weighted by Gasteiger charge is -2.09. The summed E-state index contributed by atoms with van der Waals surface area (Å²) in [5.41, 5.74) is 2.68. The summed E-state index contributed by atoms with van der Waals surface area (Å²) in [6.45, 7) is 3.64. The molecule has 20 heavy (non-hydrogen) atoms. The van der Waals surface area contributed by atoms with Gasteiger partial charge in [-0.15, -0.1) is 0 Å². The molecule has 1 N–H and O–H groups in total. The van der Waals surface area contributed by atoms with E-state index in [4.69, 9.17) is 5.26 Å². The molecule has 4 nitrogen and oxygen atoms in total. The number of sulfonamides is 1. The summed E-state index contributed by atoms with van der Waals surface area (Å²) in [5, 5.41) is 8.86. The van der Waals surface area contributed by atoms with Crippen LogP contribution in [0, 0.1) is 25.2 Å². The van der Waals surface area contributed by atoms with E-state index < -0.39 is 10.0 Å². The average molecular weight is 286 g/mol. The smallest absolute Gasteiger partial charge is 0.261 e. The van der Waals surface area contributed by atoms with Crippen molar-refractivity contribution in [2.45, 2.75) is 18.7 Å². The molecule has 0 unspecified atom stereocenters. The molecule has 102 valence electrons. The minimum Gasteiger partial charge on any atom is -0.280 e. The number of nitriles is 1. The van der Waals surface area contributed by atoms with E-state index in [0.29, 0.717) is 16.8 Å². The Morgan fingerprint density at radius 1 is 1.05 bits per heavy atom. The molecule has 0 fully saturated rings. The van der Waals surface area contributed by atoms with Gasteiger partial charge in [-0.2, -0.15) is 5.26 Å². The van der Waals surface area contributed by atoms with E-state index in [1.165, 1.54) is 18.2 Å². The van der Waals surface area contributed by atoms with Crippen molar-refractivity contribution in [3.63, 3.8) is 0 Å². The van der Waals surface area contributed by atoms with E-state index in [-0.39, 0.29) is 4.90 Å². The fourth-order valence-electron chi connectivity index (χ4n) is 1.76. The van der Waals surface area contributed by atoms with Gasteiger partial charge < -0.3 is 0 Å². The summed E-state index contributed by atoms with van der Waals surface area (Å²) in [5.74, 6) is 0. The second-order valence-corrected chi connectivity index (χ2v) is 6.24. The Balaban J connectivity index is 2.33. The predicted octanol–water partition coefficient (Wildman–Crippen LogP) is 2.98. The summed E-state index contributed by atoms with van der Waals surface area (Å²) in [4.78, 5) is 0.148. The number of benzene rings is 2. The topological polar surface area (TPSA) is 70.0 Å². The predicted molar refractivity (Wildman–Crippen MR) is 77.9 cm³/mol. The van der Waals surface area contributed by atoms with Crippen LogP contribution in [0.5, 0.6) is 0 Å². The highest BCUT2D eigenvalue weighted by Gasteiger charge is 2.15. The number of hydrogen-bond donors (Lipinski definition) is 1. The Labute approximate surface area is 118 Å². The van der Waals surface area contributed by atoms with Gasteiger partial charge in [0.1, 0.15) is 0 Å².